The molecule has 5 nitrogen and oxygen atoms in total. The molecular weight excluding hydrogens is 401 g/mol. The highest BCUT2D eigenvalue weighted by atomic mass is 35.5. The molecule has 0 aromatic heterocycles. The van der Waals surface area contributed by atoms with Crippen molar-refractivity contribution in [2.24, 2.45) is 0 Å². The number of carbonyl (C=O) groups excluding carboxylic acids is 1. The lowest BCUT2D eigenvalue weighted by molar-refractivity contribution is -0.137. The molecule has 0 saturated carbocycles. The molecule has 0 radical (unpaired) electrons. The van der Waals surface area contributed by atoms with Gasteiger partial charge in [-0.2, -0.15) is 0 Å². The largest absolute Gasteiger partial charge is 0.486 e. The number of aliphatic carboxylic acids is 1. The van der Waals surface area contributed by atoms with E-state index in [2.05, 4.69) is 5.32 Å². The van der Waals surface area contributed by atoms with Gasteiger partial charge in [-0.1, -0.05) is 34.8 Å². The topological polar surface area (TPSA) is 75.6 Å². The first-order chi connectivity index (χ1) is 12.2. The Morgan fingerprint density at radius 3 is 2.27 bits per heavy atom. The molecule has 0 bridgehead atoms. The molecule has 2 rings (SSSR count). The van der Waals surface area contributed by atoms with Gasteiger partial charge in [0.25, 0.3) is 0 Å². The van der Waals surface area contributed by atoms with Gasteiger partial charge in [-0.15, -0.1) is 0 Å². The summed E-state index contributed by atoms with van der Waals surface area (Å²) in [5.41, 5.74) is 2.00. The van der Waals surface area contributed by atoms with Crippen molar-refractivity contribution in [3.8, 4) is 5.75 Å². The smallest absolute Gasteiger partial charge is 0.303 e. The third-order valence-corrected chi connectivity index (χ3v) is 4.13. The maximum Gasteiger partial charge on any atom is 0.303 e. The fourth-order valence-electron chi connectivity index (χ4n) is 2.31. The van der Waals surface area contributed by atoms with Gasteiger partial charge in [0, 0.05) is 24.1 Å². The first-order valence-corrected chi connectivity index (χ1v) is 8.77. The summed E-state index contributed by atoms with van der Waals surface area (Å²) in [5.74, 6) is -0.802. The Balaban J connectivity index is 2.13. The molecule has 0 spiro atoms. The van der Waals surface area contributed by atoms with Gasteiger partial charge in [0.15, 0.2) is 5.75 Å². The van der Waals surface area contributed by atoms with Crippen molar-refractivity contribution in [1.82, 2.24) is 0 Å². The minimum Gasteiger partial charge on any atom is -0.486 e. The van der Waals surface area contributed by atoms with E-state index in [-0.39, 0.29) is 18.9 Å². The highest BCUT2D eigenvalue weighted by Crippen LogP contribution is 2.35. The molecule has 0 fully saturated rings. The molecule has 0 saturated heterocycles. The minimum absolute atomic E-state index is 0.0126. The quantitative estimate of drug-likeness (QED) is 0.650. The fraction of sp³-hybridized carbons (Fsp3) is 0.222. The zero-order chi connectivity index (χ0) is 19.3. The second kappa shape index (κ2) is 9.12. The molecule has 0 aliphatic rings. The highest BCUT2D eigenvalue weighted by molar-refractivity contribution is 6.37. The molecule has 0 aliphatic carbocycles. The molecule has 0 heterocycles. The van der Waals surface area contributed by atoms with Crippen LogP contribution in [0.15, 0.2) is 30.3 Å². The first-order valence-electron chi connectivity index (χ1n) is 7.64. The number of nitrogens with one attached hydrogen (secondary N) is 1. The van der Waals surface area contributed by atoms with Crippen LogP contribution >= 0.6 is 34.8 Å². The molecule has 2 N–H and O–H groups in total. The summed E-state index contributed by atoms with van der Waals surface area (Å²) < 4.78 is 5.70. The minimum atomic E-state index is -0.895. The van der Waals surface area contributed by atoms with E-state index in [1.54, 1.807) is 30.3 Å². The predicted octanol–water partition coefficient (Wildman–Crippen LogP) is 5.20. The highest BCUT2D eigenvalue weighted by Gasteiger charge is 2.12. The summed E-state index contributed by atoms with van der Waals surface area (Å²) >= 11 is 18.5. The second-order valence-electron chi connectivity index (χ2n) is 5.60. The average Bonchev–Trinajstić information content (AvgIpc) is 2.50. The fourth-order valence-corrected chi connectivity index (χ4v) is 3.21. The summed E-state index contributed by atoms with van der Waals surface area (Å²) in [4.78, 5) is 21.8. The van der Waals surface area contributed by atoms with E-state index in [0.29, 0.717) is 38.5 Å². The van der Waals surface area contributed by atoms with Gasteiger partial charge in [-0.05, 0) is 47.9 Å². The van der Waals surface area contributed by atoms with E-state index in [0.717, 1.165) is 5.56 Å². The standard InChI is InChI=1S/C18H16Cl3NO4/c1-10(23)22-14-5-12(4-13(19)8-14)9-26-18-15(20)6-11(7-16(18)21)2-3-17(24)25/h4-8H,2-3,9H2,1H3,(H,22,23)(H,24,25). The number of benzene rings is 2. The monoisotopic (exact) mass is 415 g/mol. The van der Waals surface area contributed by atoms with Gasteiger partial charge in [0.1, 0.15) is 6.61 Å². The van der Waals surface area contributed by atoms with E-state index < -0.39 is 5.97 Å². The van der Waals surface area contributed by atoms with Crippen molar-refractivity contribution in [3.05, 3.63) is 56.5 Å². The Hall–Kier alpha value is -1.95. The van der Waals surface area contributed by atoms with Crippen LogP contribution in [0.1, 0.15) is 24.5 Å². The molecule has 2 aromatic rings. The first kappa shape index (κ1) is 20.4. The number of carbonyl (C=O) groups is 2. The van der Waals surface area contributed by atoms with Crippen molar-refractivity contribution in [2.45, 2.75) is 26.4 Å². The van der Waals surface area contributed by atoms with Crippen LogP contribution in [-0.4, -0.2) is 17.0 Å². The predicted molar refractivity (Wildman–Crippen MR) is 103 cm³/mol. The number of carboxylic acid groups (broad SMARTS) is 1. The maximum atomic E-state index is 11.2. The number of amides is 1. The van der Waals surface area contributed by atoms with Crippen LogP contribution < -0.4 is 10.1 Å². The number of carboxylic acids is 1. The van der Waals surface area contributed by atoms with Gasteiger partial charge in [0.2, 0.25) is 5.91 Å². The second-order valence-corrected chi connectivity index (χ2v) is 6.85. The normalized spacial score (nSPS) is 10.5. The summed E-state index contributed by atoms with van der Waals surface area (Å²) in [6, 6.07) is 8.33. The lowest BCUT2D eigenvalue weighted by atomic mass is 10.1. The van der Waals surface area contributed by atoms with Crippen LogP contribution in [0.5, 0.6) is 5.75 Å². The number of hydrogen-bond donors (Lipinski definition) is 2. The number of rotatable bonds is 7. The van der Waals surface area contributed by atoms with Crippen LogP contribution in [0, 0.1) is 0 Å². The summed E-state index contributed by atoms with van der Waals surface area (Å²) in [7, 11) is 0. The van der Waals surface area contributed by atoms with Gasteiger partial charge in [0.05, 0.1) is 10.0 Å². The molecule has 138 valence electrons. The van der Waals surface area contributed by atoms with E-state index in [1.165, 1.54) is 6.92 Å². The molecule has 0 atom stereocenters. The summed E-state index contributed by atoms with van der Waals surface area (Å²) in [6.07, 6.45) is 0.310. The molecule has 26 heavy (non-hydrogen) atoms. The van der Waals surface area contributed by atoms with Gasteiger partial charge in [-0.3, -0.25) is 9.59 Å². The third kappa shape index (κ3) is 6.09. The number of halogens is 3. The average molecular weight is 417 g/mol. The molecule has 1 amide bonds. The summed E-state index contributed by atoms with van der Waals surface area (Å²) in [5, 5.41) is 12.5. The van der Waals surface area contributed by atoms with Crippen molar-refractivity contribution in [3.63, 3.8) is 0 Å². The lowest BCUT2D eigenvalue weighted by Gasteiger charge is -2.13. The van der Waals surface area contributed by atoms with E-state index in [1.807, 2.05) is 0 Å². The number of aryl methyl sites for hydroxylation is 1. The zero-order valence-electron chi connectivity index (χ0n) is 13.8. The number of hydrogen-bond acceptors (Lipinski definition) is 3. The Kier molecular flexibility index (Phi) is 7.14. The number of ether oxygens (including phenoxy) is 1. The van der Waals surface area contributed by atoms with Crippen molar-refractivity contribution in [2.75, 3.05) is 5.32 Å². The maximum absolute atomic E-state index is 11.2. The molecular formula is C18H16Cl3NO4. The summed E-state index contributed by atoms with van der Waals surface area (Å²) in [6.45, 7) is 1.55. The molecule has 0 unspecified atom stereocenters. The molecule has 0 aliphatic heterocycles. The number of anilines is 1. The van der Waals surface area contributed by atoms with Crippen LogP contribution in [0.25, 0.3) is 0 Å². The Labute approximate surface area is 165 Å². The van der Waals surface area contributed by atoms with Gasteiger partial charge >= 0.3 is 5.97 Å². The third-order valence-electron chi connectivity index (χ3n) is 3.35. The Bertz CT molecular complexity index is 816. The van der Waals surface area contributed by atoms with Crippen LogP contribution in [-0.2, 0) is 22.6 Å². The SMILES string of the molecule is CC(=O)Nc1cc(Cl)cc(COc2c(Cl)cc(CCC(=O)O)cc2Cl)c1. The zero-order valence-corrected chi connectivity index (χ0v) is 16.1. The lowest BCUT2D eigenvalue weighted by Crippen LogP contribution is -2.06. The van der Waals surface area contributed by atoms with Crippen LogP contribution in [0.3, 0.4) is 0 Å². The van der Waals surface area contributed by atoms with Gasteiger partial charge in [-0.25, -0.2) is 0 Å². The Morgan fingerprint density at radius 2 is 1.69 bits per heavy atom. The van der Waals surface area contributed by atoms with Crippen molar-refractivity contribution >= 4 is 52.4 Å². The Morgan fingerprint density at radius 1 is 1.04 bits per heavy atom. The van der Waals surface area contributed by atoms with Crippen LogP contribution in [0.2, 0.25) is 15.1 Å². The van der Waals surface area contributed by atoms with Gasteiger partial charge < -0.3 is 15.2 Å². The van der Waals surface area contributed by atoms with E-state index >= 15 is 0 Å². The van der Waals surface area contributed by atoms with E-state index in [4.69, 9.17) is 44.6 Å². The molecule has 8 heteroatoms. The van der Waals surface area contributed by atoms with Crippen molar-refractivity contribution < 1.29 is 19.4 Å². The molecule has 2 aromatic carbocycles. The van der Waals surface area contributed by atoms with Crippen LogP contribution in [0.4, 0.5) is 5.69 Å². The van der Waals surface area contributed by atoms with E-state index in [9.17, 15) is 9.59 Å². The van der Waals surface area contributed by atoms with Crippen molar-refractivity contribution in [1.29, 1.82) is 0 Å².